The number of benzene rings is 2. The van der Waals surface area contributed by atoms with Gasteiger partial charge in [0.1, 0.15) is 17.0 Å². The van der Waals surface area contributed by atoms with E-state index in [2.05, 4.69) is 15.5 Å². The van der Waals surface area contributed by atoms with Crippen LogP contribution in [0.15, 0.2) is 48.0 Å². The van der Waals surface area contributed by atoms with Crippen LogP contribution in [0.25, 0.3) is 0 Å². The van der Waals surface area contributed by atoms with E-state index in [0.29, 0.717) is 11.6 Å². The summed E-state index contributed by atoms with van der Waals surface area (Å²) in [6, 6.07) is 13.9. The van der Waals surface area contributed by atoms with Gasteiger partial charge < -0.3 is 14.8 Å². The van der Waals surface area contributed by atoms with Crippen LogP contribution in [0.5, 0.6) is 11.5 Å². The van der Waals surface area contributed by atoms with Crippen molar-refractivity contribution >= 4 is 22.4 Å². The number of anilines is 1. The first-order valence-electron chi connectivity index (χ1n) is 8.93. The molecule has 0 radical (unpaired) electrons. The van der Waals surface area contributed by atoms with Crippen LogP contribution >= 0.6 is 11.3 Å². The molecule has 0 bridgehead atoms. The Kier molecular flexibility index (Phi) is 4.77. The van der Waals surface area contributed by atoms with Crippen molar-refractivity contribution in [3.05, 3.63) is 64.7 Å². The number of hydrogen-bond acceptors (Lipinski definition) is 6. The molecule has 1 heterocycles. The molecule has 0 fully saturated rings. The summed E-state index contributed by atoms with van der Waals surface area (Å²) in [6.45, 7) is 2.00. The van der Waals surface area contributed by atoms with Crippen molar-refractivity contribution in [3.8, 4) is 11.5 Å². The number of aromatic nitrogens is 2. The summed E-state index contributed by atoms with van der Waals surface area (Å²) in [5, 5.41) is 11.2. The van der Waals surface area contributed by atoms with Crippen LogP contribution in [0.2, 0.25) is 0 Å². The van der Waals surface area contributed by atoms with Crippen molar-refractivity contribution in [3.63, 3.8) is 0 Å². The number of ether oxygens (including phenoxy) is 2. The number of amides is 1. The Morgan fingerprint density at radius 2 is 1.96 bits per heavy atom. The van der Waals surface area contributed by atoms with E-state index in [4.69, 9.17) is 9.47 Å². The highest BCUT2D eigenvalue weighted by Gasteiger charge is 2.49. The Morgan fingerprint density at radius 3 is 2.68 bits per heavy atom. The number of nitrogens with zero attached hydrogens (tertiary/aromatic N) is 2. The summed E-state index contributed by atoms with van der Waals surface area (Å²) < 4.78 is 10.9. The SMILES string of the molecule is COc1cccc([C@@H]2c3cc(OC)ccc3C[C@]2(C)C(=O)Nc2nncs2)c1. The molecule has 144 valence electrons. The molecule has 3 aromatic rings. The number of methoxy groups -OCH3 is 2. The second kappa shape index (κ2) is 7.24. The zero-order valence-electron chi connectivity index (χ0n) is 15.9. The maximum absolute atomic E-state index is 13.4. The summed E-state index contributed by atoms with van der Waals surface area (Å²) in [5.74, 6) is 1.33. The van der Waals surface area contributed by atoms with Gasteiger partial charge >= 0.3 is 0 Å². The van der Waals surface area contributed by atoms with Gasteiger partial charge in [-0.3, -0.25) is 4.79 Å². The highest BCUT2D eigenvalue weighted by molar-refractivity contribution is 7.13. The fraction of sp³-hybridized carbons (Fsp3) is 0.286. The minimum absolute atomic E-state index is 0.0766. The highest BCUT2D eigenvalue weighted by Crippen LogP contribution is 2.52. The fourth-order valence-electron chi connectivity index (χ4n) is 4.02. The summed E-state index contributed by atoms with van der Waals surface area (Å²) in [6.07, 6.45) is 0.624. The predicted molar refractivity (Wildman–Crippen MR) is 108 cm³/mol. The maximum atomic E-state index is 13.4. The lowest BCUT2D eigenvalue weighted by Gasteiger charge is -2.31. The molecule has 0 aliphatic heterocycles. The molecule has 1 aliphatic rings. The minimum Gasteiger partial charge on any atom is -0.497 e. The molecular weight excluding hydrogens is 374 g/mol. The minimum atomic E-state index is -0.688. The van der Waals surface area contributed by atoms with Crippen LogP contribution in [0.4, 0.5) is 5.13 Å². The fourth-order valence-corrected chi connectivity index (χ4v) is 4.46. The molecule has 0 saturated carbocycles. The average Bonchev–Trinajstić information content (AvgIpc) is 3.32. The molecule has 2 atom stereocenters. The Morgan fingerprint density at radius 1 is 1.18 bits per heavy atom. The van der Waals surface area contributed by atoms with E-state index in [1.54, 1.807) is 19.7 Å². The molecule has 1 amide bonds. The Bertz CT molecular complexity index is 1010. The molecule has 7 heteroatoms. The highest BCUT2D eigenvalue weighted by atomic mass is 32.1. The molecular formula is C21H21N3O3S. The van der Waals surface area contributed by atoms with Crippen molar-refractivity contribution in [1.29, 1.82) is 0 Å². The van der Waals surface area contributed by atoms with Gasteiger partial charge in [0.2, 0.25) is 11.0 Å². The smallest absolute Gasteiger partial charge is 0.233 e. The first-order chi connectivity index (χ1) is 13.5. The van der Waals surface area contributed by atoms with Crippen molar-refractivity contribution in [1.82, 2.24) is 10.2 Å². The Labute approximate surface area is 167 Å². The molecule has 1 aliphatic carbocycles. The van der Waals surface area contributed by atoms with Gasteiger partial charge in [-0.25, -0.2) is 0 Å². The van der Waals surface area contributed by atoms with Gasteiger partial charge in [0.25, 0.3) is 0 Å². The zero-order chi connectivity index (χ0) is 19.7. The molecule has 0 spiro atoms. The largest absolute Gasteiger partial charge is 0.497 e. The molecule has 0 saturated heterocycles. The first kappa shape index (κ1) is 18.4. The van der Waals surface area contributed by atoms with Gasteiger partial charge in [-0.1, -0.05) is 29.5 Å². The van der Waals surface area contributed by atoms with Crippen LogP contribution in [-0.4, -0.2) is 30.3 Å². The third-order valence-electron chi connectivity index (χ3n) is 5.39. The summed E-state index contributed by atoms with van der Waals surface area (Å²) in [5.41, 5.74) is 4.19. The predicted octanol–water partition coefficient (Wildman–Crippen LogP) is 3.89. The van der Waals surface area contributed by atoms with Gasteiger partial charge in [-0.15, -0.1) is 10.2 Å². The zero-order valence-corrected chi connectivity index (χ0v) is 16.7. The van der Waals surface area contributed by atoms with Crippen molar-refractivity contribution in [2.75, 3.05) is 19.5 Å². The molecule has 6 nitrogen and oxygen atoms in total. The third kappa shape index (κ3) is 3.11. The molecule has 4 rings (SSSR count). The standard InChI is InChI=1S/C21H21N3O3S/c1-21(19(25)23-20-24-22-12-28-20)11-14-7-8-16(27-3)10-17(14)18(21)13-5-4-6-15(9-13)26-2/h4-10,12,18H,11H2,1-3H3,(H,23,24,25)/t18-,21+/m1/s1. The van der Waals surface area contributed by atoms with Crippen LogP contribution in [0, 0.1) is 5.41 Å². The van der Waals surface area contributed by atoms with Crippen molar-refractivity contribution in [2.24, 2.45) is 5.41 Å². The van der Waals surface area contributed by atoms with Gasteiger partial charge in [0.15, 0.2) is 0 Å². The Hall–Kier alpha value is -2.93. The second-order valence-corrected chi connectivity index (χ2v) is 7.90. The summed E-state index contributed by atoms with van der Waals surface area (Å²) >= 11 is 1.31. The van der Waals surface area contributed by atoms with Gasteiger partial charge in [-0.05, 0) is 54.3 Å². The Balaban J connectivity index is 1.81. The maximum Gasteiger partial charge on any atom is 0.233 e. The van der Waals surface area contributed by atoms with Crippen LogP contribution < -0.4 is 14.8 Å². The van der Waals surface area contributed by atoms with Crippen molar-refractivity contribution in [2.45, 2.75) is 19.3 Å². The van der Waals surface area contributed by atoms with E-state index in [9.17, 15) is 4.79 Å². The molecule has 1 aromatic heterocycles. The van der Waals surface area contributed by atoms with E-state index >= 15 is 0 Å². The molecule has 1 N–H and O–H groups in total. The van der Waals surface area contributed by atoms with Gasteiger partial charge in [0, 0.05) is 5.92 Å². The normalized spacial score (nSPS) is 20.5. The number of carbonyl (C=O) groups excluding carboxylic acids is 1. The number of rotatable bonds is 5. The number of hydrogen-bond donors (Lipinski definition) is 1. The number of fused-ring (bicyclic) bond motifs is 1. The van der Waals surface area contributed by atoms with Crippen molar-refractivity contribution < 1.29 is 14.3 Å². The third-order valence-corrected chi connectivity index (χ3v) is 5.99. The van der Waals surface area contributed by atoms with Crippen LogP contribution in [-0.2, 0) is 11.2 Å². The monoisotopic (exact) mass is 395 g/mol. The van der Waals surface area contributed by atoms with E-state index in [1.807, 2.05) is 49.4 Å². The molecule has 0 unspecified atom stereocenters. The quantitative estimate of drug-likeness (QED) is 0.710. The topological polar surface area (TPSA) is 73.3 Å². The summed E-state index contributed by atoms with van der Waals surface area (Å²) in [4.78, 5) is 13.4. The average molecular weight is 395 g/mol. The van der Waals surface area contributed by atoms with E-state index < -0.39 is 5.41 Å². The van der Waals surface area contributed by atoms with Crippen LogP contribution in [0.1, 0.15) is 29.5 Å². The molecule has 28 heavy (non-hydrogen) atoms. The van der Waals surface area contributed by atoms with Gasteiger partial charge in [0.05, 0.1) is 19.6 Å². The van der Waals surface area contributed by atoms with E-state index in [1.165, 1.54) is 11.3 Å². The van der Waals surface area contributed by atoms with E-state index in [0.717, 1.165) is 28.2 Å². The lowest BCUT2D eigenvalue weighted by Crippen LogP contribution is -2.37. The first-order valence-corrected chi connectivity index (χ1v) is 9.81. The van der Waals surface area contributed by atoms with Crippen LogP contribution in [0.3, 0.4) is 0 Å². The lowest BCUT2D eigenvalue weighted by atomic mass is 9.73. The summed E-state index contributed by atoms with van der Waals surface area (Å²) in [7, 11) is 3.30. The lowest BCUT2D eigenvalue weighted by molar-refractivity contribution is -0.125. The number of carbonyl (C=O) groups is 1. The second-order valence-electron chi connectivity index (χ2n) is 7.07. The number of nitrogens with one attached hydrogen (secondary N) is 1. The van der Waals surface area contributed by atoms with Gasteiger partial charge in [-0.2, -0.15) is 0 Å². The molecule has 2 aromatic carbocycles. The van der Waals surface area contributed by atoms with E-state index in [-0.39, 0.29) is 11.8 Å².